The van der Waals surface area contributed by atoms with Crippen LogP contribution in [0, 0.1) is 0 Å². The van der Waals surface area contributed by atoms with E-state index in [4.69, 9.17) is 4.74 Å². The van der Waals surface area contributed by atoms with Crippen LogP contribution in [0.5, 0.6) is 5.75 Å². The van der Waals surface area contributed by atoms with Crippen molar-refractivity contribution >= 4 is 63.3 Å². The van der Waals surface area contributed by atoms with Gasteiger partial charge in [-0.2, -0.15) is 0 Å². The van der Waals surface area contributed by atoms with Crippen molar-refractivity contribution in [2.75, 3.05) is 76.2 Å². The van der Waals surface area contributed by atoms with Crippen LogP contribution in [0.3, 0.4) is 0 Å². The molecule has 1 N–H and O–H groups in total. The number of nitrogens with zero attached hydrogens (tertiary/aromatic N) is 17. The Bertz CT molecular complexity index is 3370. The molecule has 8 aromatic rings. The largest absolute Gasteiger partial charge is 0.497 e. The lowest BCUT2D eigenvalue weighted by molar-refractivity contribution is -0.685. The van der Waals surface area contributed by atoms with Gasteiger partial charge in [0.15, 0.2) is 0 Å². The Morgan fingerprint density at radius 3 is 1.21 bits per heavy atom. The monoisotopic (exact) mass is 1230 g/mol. The number of nitrogens with one attached hydrogen (secondary N) is 1. The lowest BCUT2D eigenvalue weighted by Crippen LogP contribution is -2.33. The normalized spacial score (nSPS) is 12.6. The molecule has 0 saturated carbocycles. The minimum absolute atomic E-state index is 0. The van der Waals surface area contributed by atoms with Gasteiger partial charge in [-0.3, -0.25) is 0 Å². The van der Waals surface area contributed by atoms with Crippen molar-refractivity contribution in [2.24, 2.45) is 55.0 Å². The van der Waals surface area contributed by atoms with Crippen LogP contribution in [0.2, 0.25) is 0 Å². The van der Waals surface area contributed by atoms with Gasteiger partial charge in [0.25, 0.3) is 0 Å². The van der Waals surface area contributed by atoms with Gasteiger partial charge in [0.1, 0.15) is 28.5 Å². The summed E-state index contributed by atoms with van der Waals surface area (Å²) in [6.07, 6.45) is 26.6. The molecular formula is C71H106N18O+4. The van der Waals surface area contributed by atoms with E-state index in [-0.39, 0.29) is 29.7 Å². The van der Waals surface area contributed by atoms with Crippen molar-refractivity contribution in [3.05, 3.63) is 171 Å². The van der Waals surface area contributed by atoms with Crippen molar-refractivity contribution in [1.29, 1.82) is 0 Å². The average Bonchev–Trinajstić information content (AvgIpc) is 2.41. The minimum atomic E-state index is 0. The third kappa shape index (κ3) is 23.6. The molecule has 2 aliphatic heterocycles. The van der Waals surface area contributed by atoms with Crippen molar-refractivity contribution < 1.29 is 23.0 Å². The predicted molar refractivity (Wildman–Crippen MR) is 370 cm³/mol. The van der Waals surface area contributed by atoms with Crippen molar-refractivity contribution in [3.63, 3.8) is 0 Å². The molecule has 10 rings (SSSR count). The molecule has 482 valence electrons. The molecule has 2 aliphatic rings. The summed E-state index contributed by atoms with van der Waals surface area (Å²) < 4.78 is 17.9. The Labute approximate surface area is 538 Å². The quantitative estimate of drug-likeness (QED) is 0.0325. The molecule has 6 heterocycles. The van der Waals surface area contributed by atoms with Crippen molar-refractivity contribution in [1.82, 2.24) is 14.5 Å². The summed E-state index contributed by atoms with van der Waals surface area (Å²) in [7, 11) is 13.8. The van der Waals surface area contributed by atoms with E-state index in [1.165, 1.54) is 44.5 Å². The van der Waals surface area contributed by atoms with Gasteiger partial charge in [-0.15, -0.1) is 0 Å². The number of methoxy groups -OCH3 is 1. The lowest BCUT2D eigenvalue weighted by Gasteiger charge is -2.16. The highest BCUT2D eigenvalue weighted by Gasteiger charge is 2.18. The summed E-state index contributed by atoms with van der Waals surface area (Å²) in [6, 6.07) is 44.3. The number of azo groups is 4. The zero-order valence-electron chi connectivity index (χ0n) is 51.8. The molecule has 0 bridgehead atoms. The second kappa shape index (κ2) is 39.9. The number of pyridine rings is 2. The SMILES string of the molecule is C.C.C.C.C1CCNC1.CN(C)c1ccc(N=Nc2cccc[n+]2CCCCCCn2cc[n+](C)c2N=Nc2ccc(N3CCCC3)cc2)cc1.COc1ccc(N=Nc2n(CCCCCC[n+]3ccccc3N=Nc3ccc(N(C)C)cc3)cc[n+]2C)cc1. The Hall–Kier alpha value is -8.84. The number of unbranched alkanes of at least 4 members (excludes halogenated alkanes) is 6. The molecule has 0 aliphatic carbocycles. The van der Waals surface area contributed by atoms with E-state index in [0.717, 1.165) is 154 Å². The first kappa shape index (κ1) is 73.6. The Kier molecular flexibility index (Phi) is 32.7. The summed E-state index contributed by atoms with van der Waals surface area (Å²) in [4.78, 5) is 6.57. The van der Waals surface area contributed by atoms with Crippen molar-refractivity contribution in [3.8, 4) is 5.75 Å². The molecule has 4 aromatic carbocycles. The number of ether oxygens (including phenoxy) is 1. The number of hydrogen-bond donors (Lipinski definition) is 1. The summed E-state index contributed by atoms with van der Waals surface area (Å²) in [5.41, 5.74) is 6.93. The highest BCUT2D eigenvalue weighted by molar-refractivity contribution is 5.54. The van der Waals surface area contributed by atoms with Crippen LogP contribution in [0.1, 0.15) is 107 Å². The van der Waals surface area contributed by atoms with Crippen molar-refractivity contribution in [2.45, 2.75) is 133 Å². The Morgan fingerprint density at radius 1 is 0.433 bits per heavy atom. The molecule has 19 nitrogen and oxygen atoms in total. The molecular weight excluding hydrogens is 1120 g/mol. The average molecular weight is 1230 g/mol. The second-order valence-corrected chi connectivity index (χ2v) is 22.1. The van der Waals surface area contributed by atoms with Gasteiger partial charge in [0.05, 0.1) is 94.8 Å². The summed E-state index contributed by atoms with van der Waals surface area (Å²) in [6.45, 7) is 8.46. The molecule has 90 heavy (non-hydrogen) atoms. The smallest absolute Gasteiger partial charge is 0.421 e. The molecule has 2 fully saturated rings. The zero-order valence-corrected chi connectivity index (χ0v) is 51.8. The van der Waals surface area contributed by atoms with E-state index in [1.807, 2.05) is 155 Å². The number of aryl methyl sites for hydroxylation is 6. The van der Waals surface area contributed by atoms with E-state index in [2.05, 4.69) is 146 Å². The summed E-state index contributed by atoms with van der Waals surface area (Å²) in [5.74, 6) is 4.23. The Balaban J connectivity index is 0.000000342. The number of aromatic nitrogens is 6. The van der Waals surface area contributed by atoms with Gasteiger partial charge in [-0.1, -0.05) is 64.9 Å². The lowest BCUT2D eigenvalue weighted by atomic mass is 10.2. The number of hydrogen-bond acceptors (Lipinski definition) is 13. The van der Waals surface area contributed by atoms with Gasteiger partial charge >= 0.3 is 23.5 Å². The Morgan fingerprint density at radius 2 is 0.822 bits per heavy atom. The standard InChI is InChI=1S/C33H43N9.C30H38N8O.C4H9N.4CH4/c1-38(2)30-17-13-28(14-18-30)34-36-32-12-6-9-24-41(32)23-7-4-5-8-25-42-27-26-39(3)33(42)37-35-29-15-19-31(20-16-29)40-21-10-11-22-40;1-35(2)27-16-12-25(13-17-27)31-33-29-11-7-10-21-37(29)20-8-5-6-9-22-38-24-23-36(3)30(38)34-32-26-14-18-28(39-4)19-15-26;1-2-4-5-3-1;;;;/h6,9,12-20,24,26-27H,4-5,7-8,10-11,21-23,25H2,1-3H3;7,10-19,21,23-24H,5-6,8-9,20,22H2,1-4H3;5H,1-4H2;4*1H4/q2*+2;;;;;. The van der Waals surface area contributed by atoms with Gasteiger partial charge in [-0.05, 0) is 197 Å². The van der Waals surface area contributed by atoms with Crippen LogP contribution in [0.4, 0.5) is 63.3 Å². The molecule has 4 aromatic heterocycles. The zero-order chi connectivity index (χ0) is 60.1. The van der Waals surface area contributed by atoms with Gasteiger partial charge in [0, 0.05) is 80.7 Å². The van der Waals surface area contributed by atoms with Gasteiger partial charge < -0.3 is 24.8 Å². The number of rotatable bonds is 26. The molecule has 0 amide bonds. The van der Waals surface area contributed by atoms with Crippen LogP contribution >= 0.6 is 0 Å². The molecule has 0 atom stereocenters. The topological polar surface area (TPSA) is 155 Å². The summed E-state index contributed by atoms with van der Waals surface area (Å²) >= 11 is 0. The van der Waals surface area contributed by atoms with Gasteiger partial charge in [-0.25, -0.2) is 27.4 Å². The van der Waals surface area contributed by atoms with Crippen LogP contribution < -0.4 is 43.0 Å². The van der Waals surface area contributed by atoms with Crippen LogP contribution in [-0.4, -0.2) is 70.6 Å². The first-order chi connectivity index (χ1) is 42.1. The van der Waals surface area contributed by atoms with E-state index in [9.17, 15) is 0 Å². The van der Waals surface area contributed by atoms with Crippen LogP contribution in [0.15, 0.2) is 212 Å². The number of benzene rings is 4. The molecule has 0 spiro atoms. The highest BCUT2D eigenvalue weighted by Crippen LogP contribution is 2.26. The maximum atomic E-state index is 5.21. The van der Waals surface area contributed by atoms with E-state index in [1.54, 1.807) is 7.11 Å². The first-order valence-electron chi connectivity index (χ1n) is 30.6. The molecule has 19 heteroatoms. The second-order valence-electron chi connectivity index (χ2n) is 22.1. The number of anilines is 3. The van der Waals surface area contributed by atoms with E-state index >= 15 is 0 Å². The van der Waals surface area contributed by atoms with E-state index in [0.29, 0.717) is 0 Å². The third-order valence-electron chi connectivity index (χ3n) is 15.1. The fraction of sp³-hybridized carbons (Fsp3) is 0.437. The molecule has 0 radical (unpaired) electrons. The first-order valence-corrected chi connectivity index (χ1v) is 30.6. The molecule has 0 unspecified atom stereocenters. The molecule has 2 saturated heterocycles. The van der Waals surface area contributed by atoms with Crippen LogP contribution in [0.25, 0.3) is 0 Å². The fourth-order valence-corrected chi connectivity index (χ4v) is 10.0. The van der Waals surface area contributed by atoms with Gasteiger partial charge in [0.2, 0.25) is 0 Å². The fourth-order valence-electron chi connectivity index (χ4n) is 10.0. The number of imidazole rings is 2. The summed E-state index contributed by atoms with van der Waals surface area (Å²) in [5, 5.41) is 39.2. The minimum Gasteiger partial charge on any atom is -0.497 e. The highest BCUT2D eigenvalue weighted by atomic mass is 16.5. The third-order valence-corrected chi connectivity index (χ3v) is 15.1. The predicted octanol–water partition coefficient (Wildman–Crippen LogP) is 17.0. The maximum Gasteiger partial charge on any atom is 0.421 e. The van der Waals surface area contributed by atoms with E-state index < -0.39 is 0 Å². The van der Waals surface area contributed by atoms with Crippen LogP contribution in [-0.2, 0) is 40.3 Å². The maximum absolute atomic E-state index is 5.21.